The van der Waals surface area contributed by atoms with Crippen LogP contribution in [0.4, 0.5) is 0 Å². The maximum Gasteiger partial charge on any atom is 0.0573 e. The molecule has 92 valence electrons. The third kappa shape index (κ3) is 2.23. The van der Waals surface area contributed by atoms with Crippen LogP contribution in [0.3, 0.4) is 0 Å². The van der Waals surface area contributed by atoms with Gasteiger partial charge in [-0.3, -0.25) is 4.98 Å². The van der Waals surface area contributed by atoms with Gasteiger partial charge in [0.2, 0.25) is 0 Å². The summed E-state index contributed by atoms with van der Waals surface area (Å²) in [5, 5.41) is 3.74. The van der Waals surface area contributed by atoms with Gasteiger partial charge in [0.25, 0.3) is 0 Å². The SMILES string of the molecule is CCc1cccnc1CNC1CC2CCC1C2. The van der Waals surface area contributed by atoms with E-state index in [2.05, 4.69) is 23.3 Å². The van der Waals surface area contributed by atoms with E-state index < -0.39 is 0 Å². The maximum atomic E-state index is 4.51. The Morgan fingerprint density at radius 3 is 3.00 bits per heavy atom. The quantitative estimate of drug-likeness (QED) is 0.860. The van der Waals surface area contributed by atoms with Crippen molar-refractivity contribution < 1.29 is 0 Å². The molecule has 2 saturated carbocycles. The van der Waals surface area contributed by atoms with Gasteiger partial charge in [-0.2, -0.15) is 0 Å². The van der Waals surface area contributed by atoms with Crippen LogP contribution < -0.4 is 5.32 Å². The van der Waals surface area contributed by atoms with E-state index in [1.165, 1.54) is 36.9 Å². The van der Waals surface area contributed by atoms with E-state index in [0.717, 1.165) is 30.8 Å². The van der Waals surface area contributed by atoms with Crippen molar-refractivity contribution in [2.24, 2.45) is 11.8 Å². The summed E-state index contributed by atoms with van der Waals surface area (Å²) in [4.78, 5) is 4.51. The van der Waals surface area contributed by atoms with Crippen molar-refractivity contribution in [3.8, 4) is 0 Å². The summed E-state index contributed by atoms with van der Waals surface area (Å²) in [5.74, 6) is 1.97. The molecular weight excluding hydrogens is 208 g/mol. The fourth-order valence-corrected chi connectivity index (χ4v) is 3.67. The van der Waals surface area contributed by atoms with Crippen molar-refractivity contribution in [3.05, 3.63) is 29.6 Å². The number of pyridine rings is 1. The average Bonchev–Trinajstić information content (AvgIpc) is 2.98. The van der Waals surface area contributed by atoms with Crippen LogP contribution in [0, 0.1) is 11.8 Å². The van der Waals surface area contributed by atoms with E-state index in [1.807, 2.05) is 12.3 Å². The molecule has 2 bridgehead atoms. The van der Waals surface area contributed by atoms with E-state index >= 15 is 0 Å². The molecule has 0 radical (unpaired) electrons. The molecule has 17 heavy (non-hydrogen) atoms. The summed E-state index contributed by atoms with van der Waals surface area (Å²) in [7, 11) is 0. The van der Waals surface area contributed by atoms with Crippen molar-refractivity contribution >= 4 is 0 Å². The zero-order valence-electron chi connectivity index (χ0n) is 10.7. The topological polar surface area (TPSA) is 24.9 Å². The lowest BCUT2D eigenvalue weighted by Crippen LogP contribution is -2.33. The highest BCUT2D eigenvalue weighted by Crippen LogP contribution is 2.44. The first-order valence-electron chi connectivity index (χ1n) is 7.03. The fourth-order valence-electron chi connectivity index (χ4n) is 3.67. The number of hydrogen-bond acceptors (Lipinski definition) is 2. The number of hydrogen-bond donors (Lipinski definition) is 1. The van der Waals surface area contributed by atoms with Gasteiger partial charge in [-0.15, -0.1) is 0 Å². The lowest BCUT2D eigenvalue weighted by Gasteiger charge is -2.23. The Kier molecular flexibility index (Phi) is 3.15. The minimum atomic E-state index is 0.764. The Hall–Kier alpha value is -0.890. The minimum Gasteiger partial charge on any atom is -0.308 e. The Balaban J connectivity index is 1.60. The van der Waals surface area contributed by atoms with E-state index in [4.69, 9.17) is 0 Å². The lowest BCUT2D eigenvalue weighted by molar-refractivity contribution is 0.349. The van der Waals surface area contributed by atoms with Gasteiger partial charge in [-0.1, -0.05) is 19.4 Å². The van der Waals surface area contributed by atoms with Gasteiger partial charge in [-0.05, 0) is 49.1 Å². The molecule has 2 nitrogen and oxygen atoms in total. The summed E-state index contributed by atoms with van der Waals surface area (Å²) in [6.45, 7) is 3.16. The smallest absolute Gasteiger partial charge is 0.0573 e. The molecule has 2 aliphatic rings. The molecule has 1 aromatic heterocycles. The monoisotopic (exact) mass is 230 g/mol. The van der Waals surface area contributed by atoms with E-state index in [9.17, 15) is 0 Å². The lowest BCUT2D eigenvalue weighted by atomic mass is 9.95. The number of rotatable bonds is 4. The van der Waals surface area contributed by atoms with Gasteiger partial charge in [0.1, 0.15) is 0 Å². The second kappa shape index (κ2) is 4.77. The van der Waals surface area contributed by atoms with E-state index in [-0.39, 0.29) is 0 Å². The van der Waals surface area contributed by atoms with Gasteiger partial charge in [-0.25, -0.2) is 0 Å². The Labute approximate surface area is 104 Å². The van der Waals surface area contributed by atoms with Crippen LogP contribution in [0.2, 0.25) is 0 Å². The largest absolute Gasteiger partial charge is 0.308 e. The van der Waals surface area contributed by atoms with Gasteiger partial charge in [0.15, 0.2) is 0 Å². The number of aromatic nitrogens is 1. The first-order chi connectivity index (χ1) is 8.36. The van der Waals surface area contributed by atoms with Crippen molar-refractivity contribution in [1.82, 2.24) is 10.3 Å². The van der Waals surface area contributed by atoms with Gasteiger partial charge >= 0.3 is 0 Å². The van der Waals surface area contributed by atoms with Gasteiger partial charge in [0, 0.05) is 18.8 Å². The summed E-state index contributed by atoms with van der Waals surface area (Å²) in [6.07, 6.45) is 8.80. The van der Waals surface area contributed by atoms with Crippen LogP contribution in [0.5, 0.6) is 0 Å². The standard InChI is InChI=1S/C15H22N2/c1-2-12-4-3-7-16-15(12)10-17-14-9-11-5-6-13(14)8-11/h3-4,7,11,13-14,17H,2,5-6,8-10H2,1H3. The maximum absolute atomic E-state index is 4.51. The molecule has 1 heterocycles. The Bertz CT molecular complexity index is 388. The molecular formula is C15H22N2. The predicted molar refractivity (Wildman–Crippen MR) is 69.7 cm³/mol. The summed E-state index contributed by atoms with van der Waals surface area (Å²) >= 11 is 0. The number of fused-ring (bicyclic) bond motifs is 2. The first-order valence-corrected chi connectivity index (χ1v) is 7.03. The number of nitrogens with zero attached hydrogens (tertiary/aromatic N) is 1. The molecule has 3 atom stereocenters. The summed E-state index contributed by atoms with van der Waals surface area (Å²) in [6, 6.07) is 5.01. The molecule has 2 heteroatoms. The van der Waals surface area contributed by atoms with E-state index in [1.54, 1.807) is 0 Å². The zero-order chi connectivity index (χ0) is 11.7. The Morgan fingerprint density at radius 2 is 2.29 bits per heavy atom. The third-order valence-electron chi connectivity index (χ3n) is 4.64. The predicted octanol–water partition coefficient (Wildman–Crippen LogP) is 2.92. The summed E-state index contributed by atoms with van der Waals surface area (Å²) < 4.78 is 0. The minimum absolute atomic E-state index is 0.764. The highest BCUT2D eigenvalue weighted by atomic mass is 15.0. The molecule has 0 aliphatic heterocycles. The molecule has 2 fully saturated rings. The van der Waals surface area contributed by atoms with Crippen molar-refractivity contribution in [1.29, 1.82) is 0 Å². The highest BCUT2D eigenvalue weighted by Gasteiger charge is 2.39. The molecule has 0 spiro atoms. The number of aryl methyl sites for hydroxylation is 1. The molecule has 3 rings (SSSR count). The van der Waals surface area contributed by atoms with Crippen molar-refractivity contribution in [2.45, 2.75) is 51.6 Å². The van der Waals surface area contributed by atoms with Gasteiger partial charge < -0.3 is 5.32 Å². The second-order valence-electron chi connectivity index (χ2n) is 5.63. The van der Waals surface area contributed by atoms with Crippen LogP contribution in [0.25, 0.3) is 0 Å². The molecule has 1 aromatic rings. The normalized spacial score (nSPS) is 31.0. The fraction of sp³-hybridized carbons (Fsp3) is 0.667. The van der Waals surface area contributed by atoms with Crippen LogP contribution in [0.1, 0.15) is 43.9 Å². The summed E-state index contributed by atoms with van der Waals surface area (Å²) in [5.41, 5.74) is 2.64. The highest BCUT2D eigenvalue weighted by molar-refractivity contribution is 5.19. The zero-order valence-corrected chi connectivity index (χ0v) is 10.7. The molecule has 0 saturated heterocycles. The average molecular weight is 230 g/mol. The second-order valence-corrected chi connectivity index (χ2v) is 5.63. The third-order valence-corrected chi connectivity index (χ3v) is 4.64. The van der Waals surface area contributed by atoms with Gasteiger partial charge in [0.05, 0.1) is 5.69 Å². The first kappa shape index (κ1) is 11.2. The molecule has 2 aliphatic carbocycles. The van der Waals surface area contributed by atoms with Crippen molar-refractivity contribution in [3.63, 3.8) is 0 Å². The Morgan fingerprint density at radius 1 is 1.35 bits per heavy atom. The van der Waals surface area contributed by atoms with Crippen LogP contribution in [-0.4, -0.2) is 11.0 Å². The molecule has 0 aromatic carbocycles. The van der Waals surface area contributed by atoms with Crippen LogP contribution in [-0.2, 0) is 13.0 Å². The number of nitrogens with one attached hydrogen (secondary N) is 1. The molecule has 0 amide bonds. The van der Waals surface area contributed by atoms with Crippen LogP contribution in [0.15, 0.2) is 18.3 Å². The van der Waals surface area contributed by atoms with Crippen LogP contribution >= 0.6 is 0 Å². The van der Waals surface area contributed by atoms with E-state index in [0.29, 0.717) is 0 Å². The molecule has 3 unspecified atom stereocenters. The van der Waals surface area contributed by atoms with Crippen molar-refractivity contribution in [2.75, 3.05) is 0 Å². The molecule has 1 N–H and O–H groups in total.